The number of hydrogen-bond acceptors (Lipinski definition) is 3. The second-order valence-corrected chi connectivity index (χ2v) is 6.42. The number of carboxylic acid groups (broad SMARTS) is 1. The zero-order valence-corrected chi connectivity index (χ0v) is 13.0. The van der Waals surface area contributed by atoms with E-state index in [4.69, 9.17) is 10.8 Å². The van der Waals surface area contributed by atoms with Crippen molar-refractivity contribution in [1.29, 1.82) is 0 Å². The molecular weight excluding hydrogens is 264 g/mol. The molecule has 0 aliphatic carbocycles. The normalized spacial score (nSPS) is 23.2. The number of likely N-dealkylation sites (tertiary alicyclic amines) is 1. The zero-order valence-electron chi connectivity index (χ0n) is 13.0. The maximum Gasteiger partial charge on any atom is 0.303 e. The van der Waals surface area contributed by atoms with Gasteiger partial charge >= 0.3 is 5.97 Å². The van der Waals surface area contributed by atoms with Crippen LogP contribution in [-0.2, 0) is 11.3 Å². The predicted octanol–water partition coefficient (Wildman–Crippen LogP) is 2.32. The highest BCUT2D eigenvalue weighted by Gasteiger charge is 2.25. The summed E-state index contributed by atoms with van der Waals surface area (Å²) in [5.41, 5.74) is 10.1. The Bertz CT molecular complexity index is 502. The van der Waals surface area contributed by atoms with Crippen molar-refractivity contribution in [2.45, 2.75) is 45.7 Å². The Balaban J connectivity index is 1.97. The van der Waals surface area contributed by atoms with Crippen LogP contribution in [0.5, 0.6) is 0 Å². The topological polar surface area (TPSA) is 66.6 Å². The molecule has 3 N–H and O–H groups in total. The molecule has 0 radical (unpaired) electrons. The Hall–Kier alpha value is -1.39. The highest BCUT2D eigenvalue weighted by atomic mass is 16.4. The molecule has 1 saturated heterocycles. The van der Waals surface area contributed by atoms with Gasteiger partial charge in [0.15, 0.2) is 0 Å². The second-order valence-electron chi connectivity index (χ2n) is 6.42. The summed E-state index contributed by atoms with van der Waals surface area (Å²) in [6, 6.07) is 6.70. The van der Waals surface area contributed by atoms with E-state index in [9.17, 15) is 4.79 Å². The molecule has 2 rings (SSSR count). The van der Waals surface area contributed by atoms with E-state index in [2.05, 4.69) is 36.9 Å². The van der Waals surface area contributed by atoms with Gasteiger partial charge in [-0.15, -0.1) is 0 Å². The lowest BCUT2D eigenvalue weighted by molar-refractivity contribution is -0.137. The van der Waals surface area contributed by atoms with E-state index in [0.29, 0.717) is 5.92 Å². The number of carbonyl (C=O) groups is 1. The number of nitrogens with zero attached hydrogens (tertiary/aromatic N) is 1. The van der Waals surface area contributed by atoms with E-state index in [1.54, 1.807) is 0 Å². The van der Waals surface area contributed by atoms with E-state index in [-0.39, 0.29) is 12.5 Å². The second kappa shape index (κ2) is 7.05. The maximum atomic E-state index is 10.7. The first-order valence-corrected chi connectivity index (χ1v) is 7.70. The van der Waals surface area contributed by atoms with Crippen molar-refractivity contribution in [3.05, 3.63) is 34.9 Å². The third-order valence-electron chi connectivity index (χ3n) is 4.30. The fourth-order valence-corrected chi connectivity index (χ4v) is 3.28. The molecule has 1 aliphatic rings. The Kier molecular flexibility index (Phi) is 5.37. The average Bonchev–Trinajstić information content (AvgIpc) is 2.39. The largest absolute Gasteiger partial charge is 0.481 e. The zero-order chi connectivity index (χ0) is 15.4. The van der Waals surface area contributed by atoms with Crippen molar-refractivity contribution in [2.24, 2.45) is 11.7 Å². The number of benzene rings is 1. The van der Waals surface area contributed by atoms with E-state index < -0.39 is 5.97 Å². The van der Waals surface area contributed by atoms with E-state index in [1.165, 1.54) is 16.7 Å². The Morgan fingerprint density at radius 2 is 2.14 bits per heavy atom. The first-order valence-electron chi connectivity index (χ1n) is 7.70. The summed E-state index contributed by atoms with van der Waals surface area (Å²) in [7, 11) is 0. The molecule has 1 aromatic rings. The van der Waals surface area contributed by atoms with Crippen molar-refractivity contribution < 1.29 is 9.90 Å². The molecule has 0 aromatic heterocycles. The van der Waals surface area contributed by atoms with Crippen molar-refractivity contribution >= 4 is 5.97 Å². The van der Waals surface area contributed by atoms with Crippen molar-refractivity contribution in [3.8, 4) is 0 Å². The van der Waals surface area contributed by atoms with Crippen LogP contribution >= 0.6 is 0 Å². The number of rotatable bonds is 5. The minimum Gasteiger partial charge on any atom is -0.481 e. The minimum atomic E-state index is -0.713. The van der Waals surface area contributed by atoms with Gasteiger partial charge < -0.3 is 10.8 Å². The molecule has 4 nitrogen and oxygen atoms in total. The van der Waals surface area contributed by atoms with Crippen LogP contribution in [0.1, 0.15) is 36.0 Å². The highest BCUT2D eigenvalue weighted by Crippen LogP contribution is 2.23. The van der Waals surface area contributed by atoms with E-state index in [1.807, 2.05) is 0 Å². The minimum absolute atomic E-state index is 0.156. The molecule has 0 bridgehead atoms. The molecule has 116 valence electrons. The fourth-order valence-electron chi connectivity index (χ4n) is 3.28. The number of piperidine rings is 1. The first kappa shape index (κ1) is 16.0. The summed E-state index contributed by atoms with van der Waals surface area (Å²) in [5, 5.41) is 8.83. The van der Waals surface area contributed by atoms with Gasteiger partial charge in [0.1, 0.15) is 0 Å². The number of aryl methyl sites for hydroxylation is 2. The average molecular weight is 290 g/mol. The molecule has 21 heavy (non-hydrogen) atoms. The third kappa shape index (κ3) is 4.83. The first-order chi connectivity index (χ1) is 9.94. The lowest BCUT2D eigenvalue weighted by Gasteiger charge is -2.36. The molecular formula is C17H26N2O2. The van der Waals surface area contributed by atoms with Crippen LogP contribution in [0.3, 0.4) is 0 Å². The lowest BCUT2D eigenvalue weighted by atomic mass is 9.90. The van der Waals surface area contributed by atoms with Crippen molar-refractivity contribution in [3.63, 3.8) is 0 Å². The number of nitrogens with two attached hydrogens (primary N) is 1. The molecule has 0 spiro atoms. The van der Waals surface area contributed by atoms with Gasteiger partial charge in [-0.25, -0.2) is 0 Å². The molecule has 1 heterocycles. The quantitative estimate of drug-likeness (QED) is 0.873. The van der Waals surface area contributed by atoms with Gasteiger partial charge in [0.05, 0.1) is 0 Å². The molecule has 4 heteroatoms. The highest BCUT2D eigenvalue weighted by molar-refractivity contribution is 5.66. The van der Waals surface area contributed by atoms with Gasteiger partial charge in [-0.2, -0.15) is 0 Å². The van der Waals surface area contributed by atoms with Crippen LogP contribution in [-0.4, -0.2) is 35.1 Å². The van der Waals surface area contributed by atoms with E-state index in [0.717, 1.165) is 32.5 Å². The van der Waals surface area contributed by atoms with Crippen LogP contribution < -0.4 is 5.73 Å². The molecule has 1 aliphatic heterocycles. The summed E-state index contributed by atoms with van der Waals surface area (Å²) in [6.45, 7) is 7.01. The molecule has 2 atom stereocenters. The van der Waals surface area contributed by atoms with Gasteiger partial charge in [-0.05, 0) is 43.7 Å². The monoisotopic (exact) mass is 290 g/mol. The smallest absolute Gasteiger partial charge is 0.303 e. The molecule has 0 amide bonds. The summed E-state index contributed by atoms with van der Waals surface area (Å²) < 4.78 is 0. The Morgan fingerprint density at radius 1 is 1.38 bits per heavy atom. The van der Waals surface area contributed by atoms with Crippen molar-refractivity contribution in [1.82, 2.24) is 4.90 Å². The lowest BCUT2D eigenvalue weighted by Crippen LogP contribution is -2.46. The summed E-state index contributed by atoms with van der Waals surface area (Å²) >= 11 is 0. The van der Waals surface area contributed by atoms with Crippen LogP contribution in [0.15, 0.2) is 18.2 Å². The van der Waals surface area contributed by atoms with Crippen LogP contribution in [0.25, 0.3) is 0 Å². The number of carboxylic acids is 1. The van der Waals surface area contributed by atoms with Gasteiger partial charge in [0.2, 0.25) is 0 Å². The number of hydrogen-bond donors (Lipinski definition) is 2. The van der Waals surface area contributed by atoms with Crippen LogP contribution in [0.4, 0.5) is 0 Å². The Morgan fingerprint density at radius 3 is 2.81 bits per heavy atom. The standard InChI is InChI=1S/C17H26N2O2/c1-12-3-5-15(13(2)7-12)10-19-9-14(4-6-17(20)21)8-16(18)11-19/h3,5,7,14,16H,4,6,8-11,18H2,1-2H3,(H,20,21). The van der Waals surface area contributed by atoms with E-state index >= 15 is 0 Å². The Labute approximate surface area is 126 Å². The van der Waals surface area contributed by atoms with Crippen molar-refractivity contribution in [2.75, 3.05) is 13.1 Å². The molecule has 0 saturated carbocycles. The van der Waals surface area contributed by atoms with Crippen LogP contribution in [0.2, 0.25) is 0 Å². The van der Waals surface area contributed by atoms with Gasteiger partial charge in [-0.3, -0.25) is 9.69 Å². The number of aliphatic carboxylic acids is 1. The molecule has 1 aromatic carbocycles. The van der Waals surface area contributed by atoms with Gasteiger partial charge in [-0.1, -0.05) is 23.8 Å². The SMILES string of the molecule is Cc1ccc(CN2CC(N)CC(CCC(=O)O)C2)c(C)c1. The van der Waals surface area contributed by atoms with Gasteiger partial charge in [0.25, 0.3) is 0 Å². The third-order valence-corrected chi connectivity index (χ3v) is 4.30. The molecule has 2 unspecified atom stereocenters. The van der Waals surface area contributed by atoms with Crippen LogP contribution in [0, 0.1) is 19.8 Å². The predicted molar refractivity (Wildman–Crippen MR) is 84.1 cm³/mol. The summed E-state index contributed by atoms with van der Waals surface area (Å²) in [4.78, 5) is 13.1. The maximum absolute atomic E-state index is 10.7. The summed E-state index contributed by atoms with van der Waals surface area (Å²) in [5.74, 6) is -0.314. The molecule has 1 fully saturated rings. The van der Waals surface area contributed by atoms with Gasteiger partial charge in [0, 0.05) is 32.1 Å². The summed E-state index contributed by atoms with van der Waals surface area (Å²) in [6.07, 6.45) is 1.91. The fraction of sp³-hybridized carbons (Fsp3) is 0.588.